The molecule has 1 heterocycles. The van der Waals surface area contributed by atoms with E-state index in [1.807, 2.05) is 0 Å². The summed E-state index contributed by atoms with van der Waals surface area (Å²) in [6.45, 7) is 2.13. The third kappa shape index (κ3) is 1.14. The van der Waals surface area contributed by atoms with Gasteiger partial charge in [-0.15, -0.1) is 0 Å². The van der Waals surface area contributed by atoms with Crippen molar-refractivity contribution in [1.29, 1.82) is 0 Å². The molecule has 1 aromatic heterocycles. The van der Waals surface area contributed by atoms with Crippen LogP contribution in [0.4, 0.5) is 0 Å². The first-order chi connectivity index (χ1) is 5.83. The number of para-hydroxylation sites is 1. The summed E-state index contributed by atoms with van der Waals surface area (Å²) in [5.74, 6) is 0. The molecule has 0 unspecified atom stereocenters. The molecule has 0 aliphatic rings. The average Bonchev–Trinajstić information content (AvgIpc) is 2.40. The van der Waals surface area contributed by atoms with Crippen LogP contribution in [0.2, 0.25) is 0 Å². The lowest BCUT2D eigenvalue weighted by atomic mass is 10.2. The first-order valence-corrected chi connectivity index (χ1v) is 5.47. The fourth-order valence-corrected chi connectivity index (χ4v) is 2.49. The van der Waals surface area contributed by atoms with Gasteiger partial charge in [0.2, 0.25) is 0 Å². The van der Waals surface area contributed by atoms with Gasteiger partial charge in [0.1, 0.15) is 0 Å². The van der Waals surface area contributed by atoms with E-state index >= 15 is 0 Å². The van der Waals surface area contributed by atoms with Crippen molar-refractivity contribution in [2.24, 2.45) is 0 Å². The van der Waals surface area contributed by atoms with E-state index in [0.717, 1.165) is 4.43 Å². The number of fused-ring (bicyclic) bond motifs is 1. The average molecular weight is 271 g/mol. The molecule has 2 rings (SSSR count). The smallest absolute Gasteiger partial charge is 0.0459 e. The lowest BCUT2D eigenvalue weighted by Gasteiger charge is -1.92. The van der Waals surface area contributed by atoms with Gasteiger partial charge in [-0.2, -0.15) is 0 Å². The number of halogens is 1. The minimum atomic E-state index is 1.08. The topological polar surface area (TPSA) is 15.8 Å². The minimum Gasteiger partial charge on any atom is -0.358 e. The number of aromatic amines is 1. The van der Waals surface area contributed by atoms with Gasteiger partial charge in [0.05, 0.1) is 0 Å². The summed E-state index contributed by atoms with van der Waals surface area (Å²) < 4.78 is 1.08. The fraction of sp³-hybridized carbons (Fsp3) is 0.200. The van der Waals surface area contributed by atoms with E-state index < -0.39 is 0 Å². The summed E-state index contributed by atoms with van der Waals surface area (Å²) in [5, 5.41) is 1.37. The molecule has 2 aromatic rings. The molecule has 0 saturated carbocycles. The zero-order valence-corrected chi connectivity index (χ0v) is 9.05. The highest BCUT2D eigenvalue weighted by Gasteiger charge is 2.04. The van der Waals surface area contributed by atoms with Crippen molar-refractivity contribution >= 4 is 33.5 Å². The van der Waals surface area contributed by atoms with Gasteiger partial charge < -0.3 is 4.98 Å². The number of benzene rings is 1. The van der Waals surface area contributed by atoms with Crippen LogP contribution < -0.4 is 0 Å². The standard InChI is InChI=1S/C10H10IN/c1-7-9(6-11)8-4-2-3-5-10(8)12-7/h2-5,12H,6H2,1H3. The number of aryl methyl sites for hydroxylation is 1. The van der Waals surface area contributed by atoms with Crippen molar-refractivity contribution in [3.63, 3.8) is 0 Å². The van der Waals surface area contributed by atoms with Crippen LogP contribution in [0, 0.1) is 6.92 Å². The molecule has 0 bridgehead atoms. The zero-order valence-electron chi connectivity index (χ0n) is 6.89. The van der Waals surface area contributed by atoms with Gasteiger partial charge in [0.25, 0.3) is 0 Å². The molecule has 0 saturated heterocycles. The van der Waals surface area contributed by atoms with E-state index in [1.54, 1.807) is 0 Å². The summed E-state index contributed by atoms with van der Waals surface area (Å²) in [7, 11) is 0. The highest BCUT2D eigenvalue weighted by Crippen LogP contribution is 2.23. The number of alkyl halides is 1. The second kappa shape index (κ2) is 3.09. The van der Waals surface area contributed by atoms with E-state index in [9.17, 15) is 0 Å². The van der Waals surface area contributed by atoms with Crippen molar-refractivity contribution in [2.45, 2.75) is 11.4 Å². The van der Waals surface area contributed by atoms with Crippen molar-refractivity contribution < 1.29 is 0 Å². The van der Waals surface area contributed by atoms with Gasteiger partial charge in [0.15, 0.2) is 0 Å². The van der Waals surface area contributed by atoms with Crippen LogP contribution >= 0.6 is 22.6 Å². The van der Waals surface area contributed by atoms with Gasteiger partial charge in [-0.1, -0.05) is 40.8 Å². The van der Waals surface area contributed by atoms with Crippen LogP contribution in [0.25, 0.3) is 10.9 Å². The van der Waals surface area contributed by atoms with Crippen LogP contribution in [0.5, 0.6) is 0 Å². The lowest BCUT2D eigenvalue weighted by molar-refractivity contribution is 1.25. The molecule has 2 heteroatoms. The van der Waals surface area contributed by atoms with Gasteiger partial charge in [0, 0.05) is 21.0 Å². The second-order valence-corrected chi connectivity index (χ2v) is 3.67. The summed E-state index contributed by atoms with van der Waals surface area (Å²) in [6, 6.07) is 8.45. The van der Waals surface area contributed by atoms with Crippen LogP contribution in [0.3, 0.4) is 0 Å². The minimum absolute atomic E-state index is 1.08. The molecule has 1 N–H and O–H groups in total. The maximum Gasteiger partial charge on any atom is 0.0459 e. The number of rotatable bonds is 1. The molecule has 62 valence electrons. The molecule has 0 amide bonds. The normalized spacial score (nSPS) is 10.8. The number of nitrogens with one attached hydrogen (secondary N) is 1. The molecule has 12 heavy (non-hydrogen) atoms. The molecule has 0 radical (unpaired) electrons. The molecule has 0 fully saturated rings. The Kier molecular flexibility index (Phi) is 2.09. The first-order valence-electron chi connectivity index (χ1n) is 3.95. The summed E-state index contributed by atoms with van der Waals surface area (Å²) in [5.41, 5.74) is 3.98. The SMILES string of the molecule is Cc1[nH]c2ccccc2c1CI. The van der Waals surface area contributed by atoms with E-state index in [2.05, 4.69) is 58.8 Å². The Bertz CT molecular complexity index is 403. The van der Waals surface area contributed by atoms with Gasteiger partial charge >= 0.3 is 0 Å². The molecule has 0 spiro atoms. The molecular weight excluding hydrogens is 261 g/mol. The summed E-state index contributed by atoms with van der Waals surface area (Å²) >= 11 is 2.40. The predicted octanol–water partition coefficient (Wildman–Crippen LogP) is 3.41. The first kappa shape index (κ1) is 8.10. The van der Waals surface area contributed by atoms with Gasteiger partial charge in [-0.25, -0.2) is 0 Å². The van der Waals surface area contributed by atoms with Crippen molar-refractivity contribution in [3.8, 4) is 0 Å². The fourth-order valence-electron chi connectivity index (χ4n) is 1.51. The molecule has 0 aliphatic carbocycles. The van der Waals surface area contributed by atoms with Crippen molar-refractivity contribution in [3.05, 3.63) is 35.5 Å². The maximum atomic E-state index is 3.37. The van der Waals surface area contributed by atoms with Crippen molar-refractivity contribution in [2.75, 3.05) is 0 Å². The highest BCUT2D eigenvalue weighted by atomic mass is 127. The highest BCUT2D eigenvalue weighted by molar-refractivity contribution is 14.1. The number of aromatic nitrogens is 1. The predicted molar refractivity (Wildman–Crippen MR) is 60.8 cm³/mol. The largest absolute Gasteiger partial charge is 0.358 e. The Labute approximate surface area is 85.3 Å². The number of H-pyrrole nitrogens is 1. The lowest BCUT2D eigenvalue weighted by Crippen LogP contribution is -1.77. The Morgan fingerprint density at radius 2 is 2.08 bits per heavy atom. The molecule has 0 aliphatic heterocycles. The van der Waals surface area contributed by atoms with Gasteiger partial charge in [-0.3, -0.25) is 0 Å². The Balaban J connectivity index is 2.81. The molecule has 1 aromatic carbocycles. The maximum absolute atomic E-state index is 3.37. The van der Waals surface area contributed by atoms with E-state index in [4.69, 9.17) is 0 Å². The summed E-state index contributed by atoms with van der Waals surface area (Å²) in [6.07, 6.45) is 0. The Morgan fingerprint density at radius 1 is 1.33 bits per heavy atom. The number of hydrogen-bond acceptors (Lipinski definition) is 0. The van der Waals surface area contributed by atoms with Crippen molar-refractivity contribution in [1.82, 2.24) is 4.98 Å². The molecule has 0 atom stereocenters. The monoisotopic (exact) mass is 271 g/mol. The second-order valence-electron chi connectivity index (χ2n) is 2.91. The van der Waals surface area contributed by atoms with E-state index in [-0.39, 0.29) is 0 Å². The van der Waals surface area contributed by atoms with Crippen LogP contribution in [0.15, 0.2) is 24.3 Å². The molecule has 1 nitrogen and oxygen atoms in total. The van der Waals surface area contributed by atoms with Crippen LogP contribution in [-0.2, 0) is 4.43 Å². The van der Waals surface area contributed by atoms with E-state index in [1.165, 1.54) is 22.2 Å². The number of hydrogen-bond donors (Lipinski definition) is 1. The third-order valence-electron chi connectivity index (χ3n) is 2.16. The zero-order chi connectivity index (χ0) is 8.55. The third-order valence-corrected chi connectivity index (χ3v) is 2.92. The van der Waals surface area contributed by atoms with E-state index in [0.29, 0.717) is 0 Å². The van der Waals surface area contributed by atoms with Gasteiger partial charge in [-0.05, 0) is 18.6 Å². The Morgan fingerprint density at radius 3 is 2.83 bits per heavy atom. The quantitative estimate of drug-likeness (QED) is 0.604. The molecular formula is C10H10IN. The van der Waals surface area contributed by atoms with Crippen LogP contribution in [-0.4, -0.2) is 4.98 Å². The summed E-state index contributed by atoms with van der Waals surface area (Å²) in [4.78, 5) is 3.37. The Hall–Kier alpha value is -0.510. The van der Waals surface area contributed by atoms with Crippen LogP contribution in [0.1, 0.15) is 11.3 Å².